The minimum Gasteiger partial charge on any atom is -0.366 e. The molecule has 1 amide bonds. The molecule has 0 saturated carbocycles. The van der Waals surface area contributed by atoms with Crippen LogP contribution in [0, 0.1) is 0 Å². The number of amides is 1. The highest BCUT2D eigenvalue weighted by Gasteiger charge is 2.20. The number of fused-ring (bicyclic) bond motifs is 1. The van der Waals surface area contributed by atoms with Crippen molar-refractivity contribution >= 4 is 34.9 Å². The van der Waals surface area contributed by atoms with E-state index in [9.17, 15) is 9.59 Å². The molecule has 0 bridgehead atoms. The van der Waals surface area contributed by atoms with E-state index in [-0.39, 0.29) is 5.91 Å². The summed E-state index contributed by atoms with van der Waals surface area (Å²) >= 11 is 0. The van der Waals surface area contributed by atoms with Gasteiger partial charge < -0.3 is 15.5 Å². The maximum Gasteiger partial charge on any atom is 0.255 e. The molecule has 5 heteroatoms. The number of carbonyl (C=O) groups is 2. The number of hydrogen-bond acceptors (Lipinski definition) is 4. The molecule has 0 atom stereocenters. The Balaban J connectivity index is 1.66. The first kappa shape index (κ1) is 15.9. The molecule has 5 nitrogen and oxygen atoms in total. The van der Waals surface area contributed by atoms with E-state index in [4.69, 9.17) is 0 Å². The lowest BCUT2D eigenvalue weighted by Gasteiger charge is -2.20. The second-order valence-electron chi connectivity index (χ2n) is 5.99. The van der Waals surface area contributed by atoms with Gasteiger partial charge in [0.25, 0.3) is 5.91 Å². The summed E-state index contributed by atoms with van der Waals surface area (Å²) in [6.45, 7) is 0.631. The Kier molecular flexibility index (Phi) is 4.11. The Morgan fingerprint density at radius 3 is 2.58 bits per heavy atom. The van der Waals surface area contributed by atoms with Gasteiger partial charge in [0.15, 0.2) is 6.29 Å². The number of para-hydroxylation sites is 2. The molecular formula is C21H17N3O2. The zero-order valence-corrected chi connectivity index (χ0v) is 14.0. The third-order valence-electron chi connectivity index (χ3n) is 4.38. The predicted octanol–water partition coefficient (Wildman–Crippen LogP) is 4.27. The van der Waals surface area contributed by atoms with Crippen molar-refractivity contribution in [1.29, 1.82) is 0 Å². The molecule has 3 aromatic carbocycles. The fraction of sp³-hybridized carbons (Fsp3) is 0.0476. The van der Waals surface area contributed by atoms with E-state index in [1.165, 1.54) is 0 Å². The maximum atomic E-state index is 12.5. The molecule has 0 aromatic heterocycles. The molecule has 0 saturated heterocycles. The van der Waals surface area contributed by atoms with Crippen LogP contribution < -0.4 is 15.5 Å². The highest BCUT2D eigenvalue weighted by atomic mass is 16.1. The summed E-state index contributed by atoms with van der Waals surface area (Å²) in [6.07, 6.45) is 0.751. The van der Waals surface area contributed by atoms with Gasteiger partial charge in [-0.05, 0) is 42.5 Å². The van der Waals surface area contributed by atoms with Gasteiger partial charge in [0.2, 0.25) is 0 Å². The Bertz CT molecular complexity index is 970. The topological polar surface area (TPSA) is 61.4 Å². The van der Waals surface area contributed by atoms with Crippen molar-refractivity contribution in [1.82, 2.24) is 0 Å². The zero-order valence-electron chi connectivity index (χ0n) is 14.0. The van der Waals surface area contributed by atoms with E-state index >= 15 is 0 Å². The highest BCUT2D eigenvalue weighted by molar-refractivity contribution is 6.06. The first-order valence-corrected chi connectivity index (χ1v) is 8.32. The summed E-state index contributed by atoms with van der Waals surface area (Å²) in [7, 11) is 0. The summed E-state index contributed by atoms with van der Waals surface area (Å²) in [5, 5.41) is 6.18. The van der Waals surface area contributed by atoms with Gasteiger partial charge in [0.05, 0.1) is 23.7 Å². The normalized spacial score (nSPS) is 12.2. The van der Waals surface area contributed by atoms with E-state index in [2.05, 4.69) is 15.5 Å². The van der Waals surface area contributed by atoms with Crippen molar-refractivity contribution in [3.63, 3.8) is 0 Å². The minimum absolute atomic E-state index is 0.245. The Hall–Kier alpha value is -3.60. The molecule has 0 fully saturated rings. The third-order valence-corrected chi connectivity index (χ3v) is 4.38. The summed E-state index contributed by atoms with van der Waals surface area (Å²) < 4.78 is 0. The van der Waals surface area contributed by atoms with Crippen molar-refractivity contribution < 1.29 is 9.59 Å². The van der Waals surface area contributed by atoms with Gasteiger partial charge in [0.1, 0.15) is 0 Å². The van der Waals surface area contributed by atoms with Gasteiger partial charge in [-0.25, -0.2) is 0 Å². The smallest absolute Gasteiger partial charge is 0.255 e. The van der Waals surface area contributed by atoms with Gasteiger partial charge >= 0.3 is 0 Å². The van der Waals surface area contributed by atoms with Crippen molar-refractivity contribution in [2.24, 2.45) is 0 Å². The van der Waals surface area contributed by atoms with Gasteiger partial charge in [-0.2, -0.15) is 0 Å². The van der Waals surface area contributed by atoms with Crippen LogP contribution in [0.5, 0.6) is 0 Å². The van der Waals surface area contributed by atoms with Gasteiger partial charge in [-0.1, -0.05) is 30.3 Å². The maximum absolute atomic E-state index is 12.5. The van der Waals surface area contributed by atoms with E-state index in [0.29, 0.717) is 23.5 Å². The van der Waals surface area contributed by atoms with Crippen LogP contribution in [-0.4, -0.2) is 18.9 Å². The lowest BCUT2D eigenvalue weighted by atomic mass is 10.1. The van der Waals surface area contributed by atoms with E-state index in [1.807, 2.05) is 42.5 Å². The molecule has 0 radical (unpaired) electrons. The van der Waals surface area contributed by atoms with Gasteiger partial charge in [-0.15, -0.1) is 0 Å². The molecule has 0 spiro atoms. The quantitative estimate of drug-likeness (QED) is 0.695. The average Bonchev–Trinajstić information content (AvgIpc) is 3.13. The molecule has 0 unspecified atom stereocenters. The average molecular weight is 343 g/mol. The lowest BCUT2D eigenvalue weighted by Crippen LogP contribution is -2.18. The van der Waals surface area contributed by atoms with Crippen LogP contribution in [0.15, 0.2) is 72.8 Å². The standard InChI is InChI=1S/C21H17N3O2/c25-13-16-10-11-17(24-14-22-18-8-4-5-9-20(18)24)12-19(16)23-21(26)15-6-2-1-3-7-15/h1-13,22H,14H2,(H,23,26). The summed E-state index contributed by atoms with van der Waals surface area (Å²) in [5.41, 5.74) is 4.50. The number of anilines is 4. The number of aldehydes is 1. The van der Waals surface area contributed by atoms with Crippen molar-refractivity contribution in [2.75, 3.05) is 22.2 Å². The van der Waals surface area contributed by atoms with Crippen LogP contribution in [0.1, 0.15) is 20.7 Å². The number of rotatable bonds is 4. The van der Waals surface area contributed by atoms with Crippen molar-refractivity contribution in [2.45, 2.75) is 0 Å². The number of nitrogens with one attached hydrogen (secondary N) is 2. The summed E-state index contributed by atoms with van der Waals surface area (Å²) in [6, 6.07) is 22.4. The number of benzene rings is 3. The Morgan fingerprint density at radius 1 is 1.00 bits per heavy atom. The molecule has 0 aliphatic carbocycles. The van der Waals surface area contributed by atoms with Crippen molar-refractivity contribution in [3.8, 4) is 0 Å². The molecular weight excluding hydrogens is 326 g/mol. The fourth-order valence-electron chi connectivity index (χ4n) is 3.05. The third kappa shape index (κ3) is 2.91. The van der Waals surface area contributed by atoms with E-state index in [1.54, 1.807) is 30.3 Å². The van der Waals surface area contributed by atoms with Crippen LogP contribution in [-0.2, 0) is 0 Å². The molecule has 128 valence electrons. The highest BCUT2D eigenvalue weighted by Crippen LogP contribution is 2.37. The molecule has 1 heterocycles. The van der Waals surface area contributed by atoms with Crippen molar-refractivity contribution in [3.05, 3.63) is 83.9 Å². The van der Waals surface area contributed by atoms with Crippen LogP contribution in [0.2, 0.25) is 0 Å². The largest absolute Gasteiger partial charge is 0.366 e. The second kappa shape index (κ2) is 6.72. The van der Waals surface area contributed by atoms with Crippen LogP contribution in [0.3, 0.4) is 0 Å². The van der Waals surface area contributed by atoms with Crippen LogP contribution in [0.4, 0.5) is 22.7 Å². The molecule has 4 rings (SSSR count). The first-order chi connectivity index (χ1) is 12.8. The number of hydrogen-bond donors (Lipinski definition) is 2. The fourth-order valence-corrected chi connectivity index (χ4v) is 3.05. The van der Waals surface area contributed by atoms with Gasteiger partial charge in [0, 0.05) is 16.8 Å². The number of nitrogens with zero attached hydrogens (tertiary/aromatic N) is 1. The minimum atomic E-state index is -0.245. The first-order valence-electron chi connectivity index (χ1n) is 8.32. The van der Waals surface area contributed by atoms with Crippen LogP contribution in [0.25, 0.3) is 0 Å². The predicted molar refractivity (Wildman–Crippen MR) is 103 cm³/mol. The summed E-state index contributed by atoms with van der Waals surface area (Å²) in [5.74, 6) is -0.245. The molecule has 3 aromatic rings. The Labute approximate surface area is 151 Å². The molecule has 2 N–H and O–H groups in total. The molecule has 26 heavy (non-hydrogen) atoms. The Morgan fingerprint density at radius 2 is 1.77 bits per heavy atom. The van der Waals surface area contributed by atoms with Crippen LogP contribution >= 0.6 is 0 Å². The lowest BCUT2D eigenvalue weighted by molar-refractivity contribution is 0.102. The summed E-state index contributed by atoms with van der Waals surface area (Å²) in [4.78, 5) is 26.0. The molecule has 1 aliphatic rings. The second-order valence-corrected chi connectivity index (χ2v) is 5.99. The van der Waals surface area contributed by atoms with E-state index in [0.717, 1.165) is 23.3 Å². The van der Waals surface area contributed by atoms with E-state index < -0.39 is 0 Å². The van der Waals surface area contributed by atoms with Gasteiger partial charge in [-0.3, -0.25) is 9.59 Å². The number of carbonyl (C=O) groups excluding carboxylic acids is 2. The molecule has 1 aliphatic heterocycles. The monoisotopic (exact) mass is 343 g/mol. The SMILES string of the molecule is O=Cc1ccc(N2CNc3ccccc32)cc1NC(=O)c1ccccc1. The zero-order chi connectivity index (χ0) is 17.9.